The number of hydrogen-bond donors (Lipinski definition) is 3. The highest BCUT2D eigenvalue weighted by atomic mass is 16.3. The summed E-state index contributed by atoms with van der Waals surface area (Å²) in [7, 11) is 0. The van der Waals surface area contributed by atoms with E-state index in [2.05, 4.69) is 10.6 Å². The van der Waals surface area contributed by atoms with E-state index >= 15 is 0 Å². The smallest absolute Gasteiger partial charge is 0.315 e. The third-order valence-corrected chi connectivity index (χ3v) is 4.31. The maximum absolute atomic E-state index is 11.7. The van der Waals surface area contributed by atoms with Crippen molar-refractivity contribution in [2.75, 3.05) is 13.2 Å². The molecule has 0 aromatic carbocycles. The first-order chi connectivity index (χ1) is 8.24. The van der Waals surface area contributed by atoms with Gasteiger partial charge in [0.2, 0.25) is 0 Å². The Labute approximate surface area is 103 Å². The molecule has 98 valence electrons. The highest BCUT2D eigenvalue weighted by molar-refractivity contribution is 5.74. The van der Waals surface area contributed by atoms with Crippen LogP contribution in [-0.4, -0.2) is 30.3 Å². The van der Waals surface area contributed by atoms with Crippen LogP contribution in [0.5, 0.6) is 0 Å². The van der Waals surface area contributed by atoms with Crippen molar-refractivity contribution >= 4 is 6.03 Å². The van der Waals surface area contributed by atoms with E-state index in [0.717, 1.165) is 25.7 Å². The molecule has 4 heteroatoms. The predicted octanol–water partition coefficient (Wildman–Crippen LogP) is 1.78. The van der Waals surface area contributed by atoms with E-state index in [9.17, 15) is 9.90 Å². The molecule has 4 nitrogen and oxygen atoms in total. The van der Waals surface area contributed by atoms with Gasteiger partial charge in [-0.2, -0.15) is 0 Å². The minimum Gasteiger partial charge on any atom is -0.396 e. The van der Waals surface area contributed by atoms with Crippen LogP contribution in [0.4, 0.5) is 4.79 Å². The minimum atomic E-state index is -0.0587. The van der Waals surface area contributed by atoms with Gasteiger partial charge in [-0.25, -0.2) is 4.79 Å². The monoisotopic (exact) mass is 240 g/mol. The van der Waals surface area contributed by atoms with Crippen LogP contribution in [-0.2, 0) is 0 Å². The maximum Gasteiger partial charge on any atom is 0.315 e. The molecule has 0 aromatic rings. The van der Waals surface area contributed by atoms with E-state index in [-0.39, 0.29) is 18.1 Å². The number of hydrogen-bond acceptors (Lipinski definition) is 2. The second-order valence-electron chi connectivity index (χ2n) is 5.67. The van der Waals surface area contributed by atoms with Crippen LogP contribution in [0.15, 0.2) is 0 Å². The Kier molecular flexibility index (Phi) is 4.26. The fourth-order valence-electron chi connectivity index (χ4n) is 3.09. The number of amides is 2. The number of aliphatic hydroxyl groups is 1. The van der Waals surface area contributed by atoms with Gasteiger partial charge in [0.25, 0.3) is 0 Å². The molecular formula is C13H24N2O2. The summed E-state index contributed by atoms with van der Waals surface area (Å²) in [6.45, 7) is 0.804. The molecule has 0 bridgehead atoms. The lowest BCUT2D eigenvalue weighted by molar-refractivity contribution is 0.129. The molecule has 2 saturated carbocycles. The number of aliphatic hydroxyl groups excluding tert-OH is 1. The van der Waals surface area contributed by atoms with E-state index in [1.807, 2.05) is 0 Å². The van der Waals surface area contributed by atoms with Gasteiger partial charge >= 0.3 is 6.03 Å². The zero-order valence-electron chi connectivity index (χ0n) is 10.5. The molecule has 2 aliphatic carbocycles. The summed E-state index contributed by atoms with van der Waals surface area (Å²) in [5, 5.41) is 15.4. The van der Waals surface area contributed by atoms with Gasteiger partial charge in [-0.05, 0) is 25.7 Å². The molecule has 2 amide bonds. The van der Waals surface area contributed by atoms with E-state index in [1.165, 1.54) is 25.7 Å². The average Bonchev–Trinajstić information content (AvgIpc) is 2.98. The first-order valence-corrected chi connectivity index (χ1v) is 6.89. The molecule has 0 atom stereocenters. The van der Waals surface area contributed by atoms with Gasteiger partial charge in [-0.3, -0.25) is 0 Å². The Morgan fingerprint density at radius 2 is 1.82 bits per heavy atom. The molecular weight excluding hydrogens is 216 g/mol. The molecule has 2 rings (SSSR count). The molecule has 0 saturated heterocycles. The van der Waals surface area contributed by atoms with Gasteiger partial charge in [0.1, 0.15) is 0 Å². The number of rotatable bonds is 4. The van der Waals surface area contributed by atoms with Gasteiger partial charge in [-0.1, -0.05) is 25.7 Å². The number of carbonyl (C=O) groups is 1. The lowest BCUT2D eigenvalue weighted by atomic mass is 9.87. The molecule has 3 N–H and O–H groups in total. The first-order valence-electron chi connectivity index (χ1n) is 6.89. The van der Waals surface area contributed by atoms with Crippen molar-refractivity contribution in [2.45, 2.75) is 57.4 Å². The van der Waals surface area contributed by atoms with Crippen LogP contribution in [0, 0.1) is 5.41 Å². The van der Waals surface area contributed by atoms with Crippen molar-refractivity contribution in [3.63, 3.8) is 0 Å². The van der Waals surface area contributed by atoms with Crippen LogP contribution >= 0.6 is 0 Å². The fraction of sp³-hybridized carbons (Fsp3) is 0.923. The highest BCUT2D eigenvalue weighted by Gasteiger charge is 2.33. The van der Waals surface area contributed by atoms with Crippen molar-refractivity contribution < 1.29 is 9.90 Å². The predicted molar refractivity (Wildman–Crippen MR) is 66.8 cm³/mol. The molecule has 0 aromatic heterocycles. The number of nitrogens with one attached hydrogen (secondary N) is 2. The van der Waals surface area contributed by atoms with Crippen molar-refractivity contribution in [2.24, 2.45) is 5.41 Å². The Hall–Kier alpha value is -0.770. The lowest BCUT2D eigenvalue weighted by Gasteiger charge is -2.27. The second-order valence-corrected chi connectivity index (χ2v) is 5.67. The highest BCUT2D eigenvalue weighted by Crippen LogP contribution is 2.36. The summed E-state index contributed by atoms with van der Waals surface area (Å²) in [6, 6.07) is 0.306. The first kappa shape index (κ1) is 12.7. The average molecular weight is 240 g/mol. The molecule has 17 heavy (non-hydrogen) atoms. The van der Waals surface area contributed by atoms with Crippen LogP contribution < -0.4 is 10.6 Å². The van der Waals surface area contributed by atoms with Crippen molar-refractivity contribution in [1.82, 2.24) is 10.6 Å². The SMILES string of the molecule is O=C(NCC1(CO)CCCC1)NC1CCCC1. The Bertz CT molecular complexity index is 256. The van der Waals surface area contributed by atoms with Crippen LogP contribution in [0.3, 0.4) is 0 Å². The zero-order valence-corrected chi connectivity index (χ0v) is 10.5. The van der Waals surface area contributed by atoms with E-state index in [0.29, 0.717) is 12.6 Å². The summed E-state index contributed by atoms with van der Waals surface area (Å²) in [5.41, 5.74) is -0.0486. The minimum absolute atomic E-state index is 0.0486. The van der Waals surface area contributed by atoms with Crippen molar-refractivity contribution in [1.29, 1.82) is 0 Å². The van der Waals surface area contributed by atoms with Crippen LogP contribution in [0.2, 0.25) is 0 Å². The van der Waals surface area contributed by atoms with E-state index in [4.69, 9.17) is 0 Å². The van der Waals surface area contributed by atoms with Crippen LogP contribution in [0.25, 0.3) is 0 Å². The molecule has 2 aliphatic rings. The maximum atomic E-state index is 11.7. The van der Waals surface area contributed by atoms with Gasteiger partial charge < -0.3 is 15.7 Å². The standard InChI is InChI=1S/C13H24N2O2/c16-10-13(7-3-4-8-13)9-14-12(17)15-11-5-1-2-6-11/h11,16H,1-10H2,(H2,14,15,17). The fourth-order valence-corrected chi connectivity index (χ4v) is 3.09. The van der Waals surface area contributed by atoms with Gasteiger partial charge in [0.05, 0.1) is 6.61 Å². The molecule has 2 fully saturated rings. The largest absolute Gasteiger partial charge is 0.396 e. The molecule has 0 spiro atoms. The summed E-state index contributed by atoms with van der Waals surface area (Å²) < 4.78 is 0. The lowest BCUT2D eigenvalue weighted by Crippen LogP contribution is -2.45. The van der Waals surface area contributed by atoms with Gasteiger partial charge in [0.15, 0.2) is 0 Å². The van der Waals surface area contributed by atoms with E-state index in [1.54, 1.807) is 0 Å². The molecule has 0 aliphatic heterocycles. The summed E-state index contributed by atoms with van der Waals surface area (Å²) in [6.07, 6.45) is 9.09. The number of urea groups is 1. The normalized spacial score (nSPS) is 23.8. The molecule has 0 heterocycles. The summed E-state index contributed by atoms with van der Waals surface area (Å²) in [4.78, 5) is 11.7. The second kappa shape index (κ2) is 5.71. The van der Waals surface area contributed by atoms with Gasteiger partial charge in [-0.15, -0.1) is 0 Å². The van der Waals surface area contributed by atoms with Gasteiger partial charge in [0, 0.05) is 18.0 Å². The Morgan fingerprint density at radius 3 is 2.41 bits per heavy atom. The summed E-state index contributed by atoms with van der Waals surface area (Å²) >= 11 is 0. The van der Waals surface area contributed by atoms with Crippen molar-refractivity contribution in [3.05, 3.63) is 0 Å². The van der Waals surface area contributed by atoms with Crippen molar-refractivity contribution in [3.8, 4) is 0 Å². The Morgan fingerprint density at radius 1 is 1.18 bits per heavy atom. The quantitative estimate of drug-likeness (QED) is 0.701. The van der Waals surface area contributed by atoms with Crippen LogP contribution in [0.1, 0.15) is 51.4 Å². The molecule has 0 unspecified atom stereocenters. The summed E-state index contributed by atoms with van der Waals surface area (Å²) in [5.74, 6) is 0. The topological polar surface area (TPSA) is 61.4 Å². The third kappa shape index (κ3) is 3.35. The Balaban J connectivity index is 1.71. The third-order valence-electron chi connectivity index (χ3n) is 4.31. The van der Waals surface area contributed by atoms with E-state index < -0.39 is 0 Å². The number of carbonyl (C=O) groups excluding carboxylic acids is 1. The molecule has 0 radical (unpaired) electrons. The zero-order chi connectivity index (χ0) is 12.1.